The lowest BCUT2D eigenvalue weighted by atomic mass is 9.96. The van der Waals surface area contributed by atoms with E-state index in [-0.39, 0.29) is 60.5 Å². The van der Waals surface area contributed by atoms with Gasteiger partial charge in [-0.15, -0.1) is 11.3 Å². The number of nitrogen functional groups attached to an aromatic ring is 2. The van der Waals surface area contributed by atoms with Crippen molar-refractivity contribution in [3.8, 4) is 23.2 Å². The van der Waals surface area contributed by atoms with Gasteiger partial charge in [0, 0.05) is 35.1 Å². The zero-order chi connectivity index (χ0) is 29.0. The van der Waals surface area contributed by atoms with Crippen LogP contribution in [-0.2, 0) is 0 Å². The van der Waals surface area contributed by atoms with E-state index in [2.05, 4.69) is 15.0 Å². The van der Waals surface area contributed by atoms with Crippen LogP contribution < -0.4 is 21.1 Å². The number of thiophene rings is 1. The first kappa shape index (κ1) is 26.9. The molecule has 3 aromatic heterocycles. The molecule has 6 rings (SSSR count). The maximum absolute atomic E-state index is 16.6. The first-order valence-corrected chi connectivity index (χ1v) is 14.1. The Morgan fingerprint density at radius 2 is 2.00 bits per heavy atom. The number of hydrogen-bond acceptors (Lipinski definition) is 9. The number of nitriles is 1. The van der Waals surface area contributed by atoms with E-state index in [4.69, 9.17) is 27.8 Å². The quantitative estimate of drug-likeness (QED) is 0.216. The van der Waals surface area contributed by atoms with Crippen LogP contribution in [0.15, 0.2) is 36.5 Å². The van der Waals surface area contributed by atoms with E-state index < -0.39 is 11.6 Å². The summed E-state index contributed by atoms with van der Waals surface area (Å²) in [5.74, 6) is -0.566. The second kappa shape index (κ2) is 10.3. The summed E-state index contributed by atoms with van der Waals surface area (Å²) in [6.07, 6.45) is 4.29. The number of benzene rings is 2. The van der Waals surface area contributed by atoms with E-state index in [1.807, 2.05) is 31.0 Å². The average molecular weight is 592 g/mol. The molecule has 1 aliphatic carbocycles. The van der Waals surface area contributed by atoms with Crippen LogP contribution in [-0.4, -0.2) is 28.1 Å². The third-order valence-electron chi connectivity index (χ3n) is 7.60. The molecule has 1 fully saturated rings. The molecule has 0 amide bonds. The first-order chi connectivity index (χ1) is 19.7. The van der Waals surface area contributed by atoms with E-state index in [0.717, 1.165) is 36.2 Å². The van der Waals surface area contributed by atoms with Gasteiger partial charge in [-0.25, -0.2) is 13.8 Å². The van der Waals surface area contributed by atoms with Crippen molar-refractivity contribution in [3.63, 3.8) is 0 Å². The Balaban J connectivity index is 1.59. The number of halogens is 3. The van der Waals surface area contributed by atoms with Crippen molar-refractivity contribution in [1.82, 2.24) is 15.0 Å². The summed E-state index contributed by atoms with van der Waals surface area (Å²) in [5.41, 5.74) is 13.2. The van der Waals surface area contributed by atoms with Gasteiger partial charge in [0.2, 0.25) is 0 Å². The Morgan fingerprint density at radius 1 is 1.22 bits per heavy atom. The molecule has 0 bridgehead atoms. The van der Waals surface area contributed by atoms with Gasteiger partial charge in [-0.05, 0) is 49.9 Å². The molecule has 8 nitrogen and oxygen atoms in total. The molecule has 12 heteroatoms. The van der Waals surface area contributed by atoms with Gasteiger partial charge in [0.25, 0.3) is 0 Å². The van der Waals surface area contributed by atoms with Crippen molar-refractivity contribution in [2.45, 2.75) is 38.3 Å². The van der Waals surface area contributed by atoms with Gasteiger partial charge < -0.3 is 21.1 Å². The molecular formula is C29H24ClF2N7OS. The van der Waals surface area contributed by atoms with Gasteiger partial charge in [-0.1, -0.05) is 23.7 Å². The first-order valence-electron chi connectivity index (χ1n) is 12.9. The maximum atomic E-state index is 16.6. The summed E-state index contributed by atoms with van der Waals surface area (Å²) in [6, 6.07) is 9.58. The molecule has 2 aromatic carbocycles. The highest BCUT2D eigenvalue weighted by Crippen LogP contribution is 2.46. The fourth-order valence-electron chi connectivity index (χ4n) is 5.05. The Labute approximate surface area is 243 Å². The van der Waals surface area contributed by atoms with E-state index in [1.165, 1.54) is 12.1 Å². The summed E-state index contributed by atoms with van der Waals surface area (Å²) in [7, 11) is 1.81. The minimum absolute atomic E-state index is 0.0232. The summed E-state index contributed by atoms with van der Waals surface area (Å²) in [5, 5.41) is 10.5. The molecule has 0 spiro atoms. The van der Waals surface area contributed by atoms with Gasteiger partial charge >= 0.3 is 6.01 Å². The highest BCUT2D eigenvalue weighted by Gasteiger charge is 2.28. The standard InChI is InChI=1S/C29H24ClF2N7OS/c1-13(15-7-4-10-36-26(15)34)39(2)28-17-11-19(30)22(23(32)24(17)37-29(38-28)40-14-5-3-6-14)16-8-9-20(31)25-21(16)18(12-33)27(35)41-25/h4,7-11,13-14H,3,5-6,35H2,1-2H3,(H2,34,36)/t13-/m1/s1. The molecule has 4 N–H and O–H groups in total. The van der Waals surface area contributed by atoms with E-state index in [1.54, 1.807) is 18.3 Å². The third kappa shape index (κ3) is 4.44. The van der Waals surface area contributed by atoms with E-state index in [9.17, 15) is 9.65 Å². The highest BCUT2D eigenvalue weighted by atomic mass is 35.5. The number of nitrogens with two attached hydrogens (primary N) is 2. The van der Waals surface area contributed by atoms with Gasteiger partial charge in [0.05, 0.1) is 21.3 Å². The van der Waals surface area contributed by atoms with Gasteiger partial charge in [-0.2, -0.15) is 15.2 Å². The van der Waals surface area contributed by atoms with Crippen LogP contribution in [0.1, 0.15) is 43.4 Å². The normalized spacial score (nSPS) is 14.1. The fourth-order valence-corrected chi connectivity index (χ4v) is 6.29. The molecule has 3 heterocycles. The molecular weight excluding hydrogens is 568 g/mol. The molecule has 208 valence electrons. The van der Waals surface area contributed by atoms with Crippen molar-refractivity contribution in [3.05, 3.63) is 64.3 Å². The SMILES string of the molecule is C[C@H](c1cccnc1N)N(C)c1nc(OC2CCC2)nc2c(F)c(-c3ccc(F)c4sc(N)c(C#N)c34)c(Cl)cc12. The van der Waals surface area contributed by atoms with E-state index >= 15 is 4.39 Å². The lowest BCUT2D eigenvalue weighted by molar-refractivity contribution is 0.109. The maximum Gasteiger partial charge on any atom is 0.319 e. The van der Waals surface area contributed by atoms with Gasteiger partial charge in [0.15, 0.2) is 5.82 Å². The molecule has 1 saturated carbocycles. The molecule has 0 unspecified atom stereocenters. The Hall–Kier alpha value is -4.27. The third-order valence-corrected chi connectivity index (χ3v) is 8.93. The van der Waals surface area contributed by atoms with Crippen LogP contribution in [0.3, 0.4) is 0 Å². The Kier molecular flexibility index (Phi) is 6.76. The van der Waals surface area contributed by atoms with Crippen LogP contribution in [0.25, 0.3) is 32.1 Å². The van der Waals surface area contributed by atoms with Crippen LogP contribution in [0.4, 0.5) is 25.4 Å². The second-order valence-electron chi connectivity index (χ2n) is 9.96. The van der Waals surface area contributed by atoms with Crippen molar-refractivity contribution >= 4 is 60.6 Å². The number of pyridine rings is 1. The fraction of sp³-hybridized carbons (Fsp3) is 0.241. The Morgan fingerprint density at radius 3 is 2.68 bits per heavy atom. The van der Waals surface area contributed by atoms with Crippen molar-refractivity contribution in [2.75, 3.05) is 23.4 Å². The van der Waals surface area contributed by atoms with Gasteiger partial charge in [0.1, 0.15) is 40.1 Å². The predicted octanol–water partition coefficient (Wildman–Crippen LogP) is 7.00. The van der Waals surface area contributed by atoms with Crippen LogP contribution in [0.5, 0.6) is 6.01 Å². The monoisotopic (exact) mass is 591 g/mol. The molecule has 5 aromatic rings. The Bertz CT molecular complexity index is 1890. The summed E-state index contributed by atoms with van der Waals surface area (Å²) >= 11 is 7.69. The minimum atomic E-state index is -0.752. The van der Waals surface area contributed by atoms with E-state index in [0.29, 0.717) is 17.0 Å². The minimum Gasteiger partial charge on any atom is -0.460 e. The molecule has 0 saturated heterocycles. The van der Waals surface area contributed by atoms with Crippen LogP contribution >= 0.6 is 22.9 Å². The molecule has 0 aliphatic heterocycles. The topological polar surface area (TPSA) is 127 Å². The number of hydrogen-bond donors (Lipinski definition) is 2. The summed E-state index contributed by atoms with van der Waals surface area (Å²) < 4.78 is 37.5. The van der Waals surface area contributed by atoms with Crippen LogP contribution in [0.2, 0.25) is 5.02 Å². The average Bonchev–Trinajstić information content (AvgIpc) is 3.28. The zero-order valence-electron chi connectivity index (χ0n) is 22.1. The molecule has 1 atom stereocenters. The molecule has 1 aliphatic rings. The number of aromatic nitrogens is 3. The van der Waals surface area contributed by atoms with Crippen molar-refractivity contribution in [1.29, 1.82) is 5.26 Å². The molecule has 0 radical (unpaired) electrons. The second-order valence-corrected chi connectivity index (χ2v) is 11.4. The lowest BCUT2D eigenvalue weighted by Gasteiger charge is -2.29. The largest absolute Gasteiger partial charge is 0.460 e. The predicted molar refractivity (Wildman–Crippen MR) is 158 cm³/mol. The zero-order valence-corrected chi connectivity index (χ0v) is 23.7. The number of nitrogens with zero attached hydrogens (tertiary/aromatic N) is 5. The van der Waals surface area contributed by atoms with Crippen LogP contribution in [0, 0.1) is 23.0 Å². The summed E-state index contributed by atoms with van der Waals surface area (Å²) in [4.78, 5) is 15.2. The molecule has 41 heavy (non-hydrogen) atoms. The number of ether oxygens (including phenoxy) is 1. The van der Waals surface area contributed by atoms with Crippen molar-refractivity contribution in [2.24, 2.45) is 0 Å². The highest BCUT2D eigenvalue weighted by molar-refractivity contribution is 7.23. The number of rotatable bonds is 6. The lowest BCUT2D eigenvalue weighted by Crippen LogP contribution is -2.27. The van der Waals surface area contributed by atoms with Crippen molar-refractivity contribution < 1.29 is 13.5 Å². The smallest absolute Gasteiger partial charge is 0.319 e. The number of fused-ring (bicyclic) bond motifs is 2. The summed E-state index contributed by atoms with van der Waals surface area (Å²) in [6.45, 7) is 1.93. The van der Waals surface area contributed by atoms with Gasteiger partial charge in [-0.3, -0.25) is 0 Å². The number of anilines is 3.